The van der Waals surface area contributed by atoms with E-state index in [1.807, 2.05) is 39.0 Å². The highest BCUT2D eigenvalue weighted by molar-refractivity contribution is 8.02. The molecule has 206 valence electrons. The first-order valence-corrected chi connectivity index (χ1v) is 14.4. The predicted molar refractivity (Wildman–Crippen MR) is 153 cm³/mol. The molecule has 5 atom stereocenters. The molecule has 7 nitrogen and oxygen atoms in total. The molecule has 0 saturated carbocycles. The fourth-order valence-corrected chi connectivity index (χ4v) is 9.28. The number of anilines is 1. The molecule has 0 aromatic heterocycles. The summed E-state index contributed by atoms with van der Waals surface area (Å²) in [7, 11) is 0. The number of rotatable bonds is 11. The van der Waals surface area contributed by atoms with Gasteiger partial charge in [0.15, 0.2) is 0 Å². The van der Waals surface area contributed by atoms with Gasteiger partial charge in [-0.2, -0.15) is 0 Å². The quantitative estimate of drug-likeness (QED) is 0.434. The smallest absolute Gasteiger partial charge is 0.251 e. The first kappa shape index (κ1) is 28.4. The van der Waals surface area contributed by atoms with Crippen molar-refractivity contribution in [3.05, 3.63) is 54.6 Å². The van der Waals surface area contributed by atoms with Crippen molar-refractivity contribution < 1.29 is 19.5 Å². The number of aliphatic hydroxyl groups is 1. The number of likely N-dealkylation sites (tertiary alicyclic amines) is 1. The topological polar surface area (TPSA) is 81.2 Å². The van der Waals surface area contributed by atoms with Crippen LogP contribution in [-0.2, 0) is 14.4 Å². The number of fused-ring (bicyclic) bond motifs is 1. The van der Waals surface area contributed by atoms with Crippen LogP contribution < -0.4 is 4.90 Å². The molecular weight excluding hydrogens is 498 g/mol. The highest BCUT2D eigenvalue weighted by Crippen LogP contribution is 2.71. The Balaban J connectivity index is 1.81. The van der Waals surface area contributed by atoms with Gasteiger partial charge < -0.3 is 19.8 Å². The molecule has 3 aliphatic heterocycles. The van der Waals surface area contributed by atoms with Crippen LogP contribution in [0.1, 0.15) is 44.2 Å². The van der Waals surface area contributed by atoms with Gasteiger partial charge in [0.1, 0.15) is 6.04 Å². The second kappa shape index (κ2) is 10.9. The van der Waals surface area contributed by atoms with E-state index in [1.54, 1.807) is 38.6 Å². The van der Waals surface area contributed by atoms with Gasteiger partial charge in [0.25, 0.3) is 5.91 Å². The zero-order valence-corrected chi connectivity index (χ0v) is 23.9. The molecule has 1 spiro atoms. The summed E-state index contributed by atoms with van der Waals surface area (Å²) < 4.78 is -1.15. The van der Waals surface area contributed by atoms with Crippen LogP contribution >= 0.6 is 11.8 Å². The summed E-state index contributed by atoms with van der Waals surface area (Å²) in [6, 6.07) is 5.23. The number of amides is 3. The average Bonchev–Trinajstić information content (AvgIpc) is 3.44. The third-order valence-corrected chi connectivity index (χ3v) is 10.5. The summed E-state index contributed by atoms with van der Waals surface area (Å²) in [4.78, 5) is 47.8. The van der Waals surface area contributed by atoms with Gasteiger partial charge in [-0.15, -0.1) is 24.9 Å². The first-order valence-electron chi connectivity index (χ1n) is 13.6. The molecule has 1 aromatic rings. The average molecular weight is 540 g/mol. The zero-order chi connectivity index (χ0) is 27.8. The number of aliphatic hydroxyl groups excluding tert-OH is 1. The molecule has 0 radical (unpaired) electrons. The molecular formula is C30H41N3O4S. The van der Waals surface area contributed by atoms with Crippen molar-refractivity contribution in [2.75, 3.05) is 37.7 Å². The van der Waals surface area contributed by atoms with Gasteiger partial charge in [-0.1, -0.05) is 31.2 Å². The highest BCUT2D eigenvalue weighted by Gasteiger charge is 2.77. The van der Waals surface area contributed by atoms with Gasteiger partial charge >= 0.3 is 0 Å². The molecule has 3 saturated heterocycles. The fraction of sp³-hybridized carbons (Fsp3) is 0.567. The lowest BCUT2D eigenvalue weighted by Crippen LogP contribution is -2.55. The van der Waals surface area contributed by atoms with E-state index in [2.05, 4.69) is 20.1 Å². The predicted octanol–water partition coefficient (Wildman–Crippen LogP) is 3.72. The van der Waals surface area contributed by atoms with Crippen LogP contribution in [0, 0.1) is 25.7 Å². The Kier molecular flexibility index (Phi) is 8.15. The molecule has 3 amide bonds. The van der Waals surface area contributed by atoms with Crippen molar-refractivity contribution in [2.45, 2.75) is 62.5 Å². The largest absolute Gasteiger partial charge is 0.395 e. The van der Waals surface area contributed by atoms with Crippen molar-refractivity contribution in [3.8, 4) is 0 Å². The Morgan fingerprint density at radius 1 is 1.18 bits per heavy atom. The summed E-state index contributed by atoms with van der Waals surface area (Å²) in [5, 5.41) is 9.94. The lowest BCUT2D eigenvalue weighted by Gasteiger charge is -2.38. The van der Waals surface area contributed by atoms with Crippen LogP contribution in [-0.4, -0.2) is 80.9 Å². The van der Waals surface area contributed by atoms with Gasteiger partial charge in [-0.25, -0.2) is 0 Å². The summed E-state index contributed by atoms with van der Waals surface area (Å²) in [5.74, 6) is -1.53. The molecule has 2 bridgehead atoms. The first-order chi connectivity index (χ1) is 18.1. The third-order valence-electron chi connectivity index (χ3n) is 8.51. The van der Waals surface area contributed by atoms with Crippen molar-refractivity contribution in [3.63, 3.8) is 0 Å². The molecule has 2 unspecified atom stereocenters. The summed E-state index contributed by atoms with van der Waals surface area (Å²) in [5.41, 5.74) is 2.79. The SMILES string of the molecule is C=CCN(CCC)C(=O)[C@H]1[C@H]2C(=O)N(CCO)C(C(=O)N(CC=C)c3cc(C)ccc3C)C23CC[C@]1(C)S3. The molecule has 3 heterocycles. The van der Waals surface area contributed by atoms with E-state index in [9.17, 15) is 19.5 Å². The standard InChI is InChI=1S/C30H41N3O4S/c1-7-14-31(15-8-2)26(35)23-24-27(36)33(17-18-34)25(30(24)13-12-29(23,6)38-30)28(37)32(16-9-3)22-19-20(4)10-11-21(22)5/h7,9-11,19,23-25,34H,1,3,8,12-18H2,2,4-6H3/t23-,24+,25?,29+,30?/m1/s1. The van der Waals surface area contributed by atoms with E-state index >= 15 is 0 Å². The number of thioether (sulfide) groups is 1. The minimum absolute atomic E-state index is 0.0313. The molecule has 3 aliphatic rings. The van der Waals surface area contributed by atoms with Crippen molar-refractivity contribution >= 4 is 35.2 Å². The summed E-state index contributed by atoms with van der Waals surface area (Å²) in [6.07, 6.45) is 5.67. The molecule has 1 aromatic carbocycles. The van der Waals surface area contributed by atoms with E-state index in [0.717, 1.165) is 29.7 Å². The Morgan fingerprint density at radius 3 is 2.53 bits per heavy atom. The van der Waals surface area contributed by atoms with Gasteiger partial charge in [-0.3, -0.25) is 14.4 Å². The van der Waals surface area contributed by atoms with Gasteiger partial charge in [0.05, 0.1) is 23.2 Å². The maximum atomic E-state index is 14.6. The Bertz CT molecular complexity index is 1140. The minimum Gasteiger partial charge on any atom is -0.395 e. The van der Waals surface area contributed by atoms with E-state index in [1.165, 1.54) is 0 Å². The second-order valence-electron chi connectivity index (χ2n) is 11.1. The normalized spacial score (nSPS) is 29.3. The van der Waals surface area contributed by atoms with E-state index in [0.29, 0.717) is 26.1 Å². The zero-order valence-electron chi connectivity index (χ0n) is 23.1. The van der Waals surface area contributed by atoms with Gasteiger partial charge in [-0.05, 0) is 57.2 Å². The molecule has 0 aliphatic carbocycles. The van der Waals surface area contributed by atoms with E-state index < -0.39 is 27.4 Å². The van der Waals surface area contributed by atoms with Gasteiger partial charge in [0.2, 0.25) is 11.8 Å². The van der Waals surface area contributed by atoms with Crippen molar-refractivity contribution in [1.82, 2.24) is 9.80 Å². The Labute approximate surface area is 230 Å². The monoisotopic (exact) mass is 539 g/mol. The van der Waals surface area contributed by atoms with Crippen LogP contribution in [0.25, 0.3) is 0 Å². The minimum atomic E-state index is -0.768. The maximum absolute atomic E-state index is 14.6. The Hall–Kier alpha value is -2.58. The second-order valence-corrected chi connectivity index (χ2v) is 13.0. The molecule has 3 fully saturated rings. The van der Waals surface area contributed by atoms with Crippen LogP contribution in [0.5, 0.6) is 0 Å². The molecule has 38 heavy (non-hydrogen) atoms. The van der Waals surface area contributed by atoms with E-state index in [-0.39, 0.29) is 30.9 Å². The third kappa shape index (κ3) is 4.39. The van der Waals surface area contributed by atoms with E-state index in [4.69, 9.17) is 0 Å². The lowest BCUT2D eigenvalue weighted by atomic mass is 9.66. The fourth-order valence-electron chi connectivity index (χ4n) is 6.94. The number of β-amino-alcohol motifs (C(OH)–C–C–N with tert-alkyl or cyclic N) is 1. The maximum Gasteiger partial charge on any atom is 0.251 e. The lowest BCUT2D eigenvalue weighted by molar-refractivity contribution is -0.145. The molecule has 4 rings (SSSR count). The number of hydrogen-bond acceptors (Lipinski definition) is 5. The summed E-state index contributed by atoms with van der Waals surface area (Å²) in [6.45, 7) is 16.9. The number of aryl methyl sites for hydroxylation is 2. The van der Waals surface area contributed by atoms with Crippen molar-refractivity contribution in [1.29, 1.82) is 0 Å². The van der Waals surface area contributed by atoms with Crippen LogP contribution in [0.3, 0.4) is 0 Å². The van der Waals surface area contributed by atoms with Gasteiger partial charge in [0, 0.05) is 36.6 Å². The number of carbonyl (C=O) groups excluding carboxylic acids is 3. The van der Waals surface area contributed by atoms with Crippen LogP contribution in [0.4, 0.5) is 5.69 Å². The number of benzene rings is 1. The van der Waals surface area contributed by atoms with Crippen LogP contribution in [0.15, 0.2) is 43.5 Å². The molecule has 8 heteroatoms. The number of nitrogens with zero attached hydrogens (tertiary/aromatic N) is 3. The number of carbonyl (C=O) groups is 3. The van der Waals surface area contributed by atoms with Crippen molar-refractivity contribution in [2.24, 2.45) is 11.8 Å². The highest BCUT2D eigenvalue weighted by atomic mass is 32.2. The van der Waals surface area contributed by atoms with Crippen LogP contribution in [0.2, 0.25) is 0 Å². The molecule has 1 N–H and O–H groups in total. The summed E-state index contributed by atoms with van der Waals surface area (Å²) >= 11 is 1.66. The Morgan fingerprint density at radius 2 is 1.89 bits per heavy atom. The number of hydrogen-bond donors (Lipinski definition) is 1.